The molecule has 0 aliphatic heterocycles. The number of hydrogen-bond donors (Lipinski definition) is 0. The van der Waals surface area contributed by atoms with Gasteiger partial charge in [0.2, 0.25) is 0 Å². The summed E-state index contributed by atoms with van der Waals surface area (Å²) in [5.41, 5.74) is 0. The van der Waals surface area contributed by atoms with Crippen molar-refractivity contribution in [1.29, 1.82) is 0 Å². The van der Waals surface area contributed by atoms with E-state index in [1.807, 2.05) is 0 Å². The monoisotopic (exact) mass is 218 g/mol. The van der Waals surface area contributed by atoms with Crippen molar-refractivity contribution in [3.8, 4) is 0 Å². The van der Waals surface area contributed by atoms with Crippen LogP contribution >= 0.6 is 0 Å². The van der Waals surface area contributed by atoms with Gasteiger partial charge in [0.05, 0.1) is 13.7 Å². The van der Waals surface area contributed by atoms with E-state index in [0.29, 0.717) is 0 Å². The summed E-state index contributed by atoms with van der Waals surface area (Å²) in [6, 6.07) is 0. The Bertz CT molecular complexity index is 281. The Morgan fingerprint density at radius 3 is 2.23 bits per heavy atom. The van der Waals surface area contributed by atoms with Gasteiger partial charge < -0.3 is 4.74 Å². The second-order valence-electron chi connectivity index (χ2n) is 1.78. The molecule has 5 nitrogen and oxygen atoms in total. The van der Waals surface area contributed by atoms with Gasteiger partial charge in [0.15, 0.2) is 4.91 Å². The molecule has 0 N–H and O–H groups in total. The fraction of sp³-hybridized carbons (Fsp3) is 0.500. The van der Waals surface area contributed by atoms with Gasteiger partial charge in [-0.3, -0.25) is 4.18 Å². The predicted octanol–water partition coefficient (Wildman–Crippen LogP) is -0.609. The van der Waals surface area contributed by atoms with E-state index < -0.39 is 21.0 Å². The summed E-state index contributed by atoms with van der Waals surface area (Å²) in [5, 5.41) is 0. The second-order valence-corrected chi connectivity index (χ2v) is 3.41. The normalized spacial score (nSPS) is 10.0. The molecule has 0 aliphatic rings. The van der Waals surface area contributed by atoms with Gasteiger partial charge in [-0.2, -0.15) is 8.42 Å². The van der Waals surface area contributed by atoms with Gasteiger partial charge in [-0.05, 0) is 6.92 Å². The summed E-state index contributed by atoms with van der Waals surface area (Å²) < 4.78 is 30.2. The minimum absolute atomic E-state index is 0. The van der Waals surface area contributed by atoms with E-state index in [1.54, 1.807) is 0 Å². The molecule has 0 unspecified atom stereocenters. The number of rotatable bonds is 4. The molecule has 0 aromatic carbocycles. The quantitative estimate of drug-likeness (QED) is 0.272. The Morgan fingerprint density at radius 1 is 1.46 bits per heavy atom. The molecule has 0 spiro atoms. The minimum atomic E-state index is -3.99. The molecule has 0 aromatic heterocycles. The summed E-state index contributed by atoms with van der Waals surface area (Å²) in [7, 11) is -2.93. The molecule has 0 bridgehead atoms. The number of carbonyl (C=O) groups is 1. The number of carbonyl (C=O) groups excluding carboxylic acids is 1. The van der Waals surface area contributed by atoms with E-state index in [9.17, 15) is 13.2 Å². The Morgan fingerprint density at radius 2 is 1.92 bits per heavy atom. The van der Waals surface area contributed by atoms with Crippen LogP contribution in [0.2, 0.25) is 0 Å². The van der Waals surface area contributed by atoms with Gasteiger partial charge in [0.25, 0.3) is 0 Å². The average Bonchev–Trinajstić information content (AvgIpc) is 2.01. The van der Waals surface area contributed by atoms with Crippen molar-refractivity contribution in [3.05, 3.63) is 11.5 Å². The molecule has 0 saturated heterocycles. The average molecular weight is 218 g/mol. The number of esters is 1. The summed E-state index contributed by atoms with van der Waals surface area (Å²) in [4.78, 5) is 9.96. The SMILES string of the molecule is C=C(C(=O)OC)S(=O)(=O)OCC.[NaH]. The van der Waals surface area contributed by atoms with Crippen LogP contribution in [0.4, 0.5) is 0 Å². The fourth-order valence-electron chi connectivity index (χ4n) is 0.442. The van der Waals surface area contributed by atoms with Gasteiger partial charge in [-0.15, -0.1) is 0 Å². The van der Waals surface area contributed by atoms with Crippen molar-refractivity contribution in [1.82, 2.24) is 0 Å². The first-order valence-corrected chi connectivity index (χ1v) is 4.53. The third-order valence-electron chi connectivity index (χ3n) is 0.988. The molecule has 0 atom stereocenters. The van der Waals surface area contributed by atoms with Crippen LogP contribution in [0.15, 0.2) is 11.5 Å². The van der Waals surface area contributed by atoms with Crippen molar-refractivity contribution < 1.29 is 22.1 Å². The Labute approximate surface area is 99.5 Å². The molecule has 0 saturated carbocycles. The molecule has 0 amide bonds. The van der Waals surface area contributed by atoms with Crippen molar-refractivity contribution >= 4 is 45.6 Å². The maximum absolute atomic E-state index is 10.9. The number of ether oxygens (including phenoxy) is 1. The van der Waals surface area contributed by atoms with E-state index in [2.05, 4.69) is 15.5 Å². The van der Waals surface area contributed by atoms with Gasteiger partial charge in [-0.25, -0.2) is 4.79 Å². The third kappa shape index (κ3) is 4.78. The van der Waals surface area contributed by atoms with Gasteiger partial charge >= 0.3 is 45.6 Å². The molecule has 72 valence electrons. The first-order valence-electron chi connectivity index (χ1n) is 3.12. The zero-order valence-corrected chi connectivity index (χ0v) is 7.68. The second kappa shape index (κ2) is 6.56. The van der Waals surface area contributed by atoms with E-state index in [1.165, 1.54) is 6.92 Å². The van der Waals surface area contributed by atoms with Crippen LogP contribution in [-0.2, 0) is 23.8 Å². The fourth-order valence-corrected chi connectivity index (χ4v) is 1.18. The number of methoxy groups -OCH3 is 1. The first kappa shape index (κ1) is 15.6. The Kier molecular flexibility index (Phi) is 7.86. The predicted molar refractivity (Wildman–Crippen MR) is 48.9 cm³/mol. The van der Waals surface area contributed by atoms with Crippen molar-refractivity contribution in [2.75, 3.05) is 13.7 Å². The summed E-state index contributed by atoms with van der Waals surface area (Å²) in [5.74, 6) is -1.01. The molecule has 0 aliphatic carbocycles. The molecule has 0 aromatic rings. The van der Waals surface area contributed by atoms with Crippen LogP contribution < -0.4 is 0 Å². The van der Waals surface area contributed by atoms with E-state index in [0.717, 1.165) is 7.11 Å². The molecule has 0 fully saturated rings. The topological polar surface area (TPSA) is 69.7 Å². The van der Waals surface area contributed by atoms with Crippen LogP contribution in [0.3, 0.4) is 0 Å². The molecule has 0 rings (SSSR count). The molecule has 0 heterocycles. The van der Waals surface area contributed by atoms with Gasteiger partial charge in [0.1, 0.15) is 0 Å². The molecule has 0 radical (unpaired) electrons. The van der Waals surface area contributed by atoms with Gasteiger partial charge in [-0.1, -0.05) is 6.58 Å². The molecule has 7 heteroatoms. The Balaban J connectivity index is 0. The van der Waals surface area contributed by atoms with Crippen molar-refractivity contribution in [2.45, 2.75) is 6.92 Å². The van der Waals surface area contributed by atoms with Crippen molar-refractivity contribution in [3.63, 3.8) is 0 Å². The molecule has 13 heavy (non-hydrogen) atoms. The standard InChI is InChI=1S/C6H10O5S.Na.H/c1-4-11-12(8,9)5(2)6(7)10-3;;/h2,4H2,1,3H3;;. The first-order chi connectivity index (χ1) is 5.45. The van der Waals surface area contributed by atoms with Crippen LogP contribution in [-0.4, -0.2) is 57.7 Å². The van der Waals surface area contributed by atoms with Crippen LogP contribution in [0.5, 0.6) is 0 Å². The maximum atomic E-state index is 10.9. The number of hydrogen-bond acceptors (Lipinski definition) is 5. The summed E-state index contributed by atoms with van der Waals surface area (Å²) in [6.07, 6.45) is 0. The van der Waals surface area contributed by atoms with E-state index in [-0.39, 0.29) is 36.2 Å². The summed E-state index contributed by atoms with van der Waals surface area (Å²) in [6.45, 7) is 4.47. The van der Waals surface area contributed by atoms with Crippen molar-refractivity contribution in [2.24, 2.45) is 0 Å². The van der Waals surface area contributed by atoms with E-state index in [4.69, 9.17) is 0 Å². The van der Waals surface area contributed by atoms with Crippen LogP contribution in [0.1, 0.15) is 6.92 Å². The van der Waals surface area contributed by atoms with Crippen LogP contribution in [0.25, 0.3) is 0 Å². The van der Waals surface area contributed by atoms with Gasteiger partial charge in [0, 0.05) is 0 Å². The zero-order valence-electron chi connectivity index (χ0n) is 6.86. The zero-order chi connectivity index (χ0) is 9.78. The third-order valence-corrected chi connectivity index (χ3v) is 2.30. The van der Waals surface area contributed by atoms with E-state index >= 15 is 0 Å². The molecular formula is C6H11NaO5S. The Hall–Kier alpha value is 0.120. The summed E-state index contributed by atoms with van der Waals surface area (Å²) >= 11 is 0. The molecular weight excluding hydrogens is 207 g/mol. The van der Waals surface area contributed by atoms with Crippen LogP contribution in [0, 0.1) is 0 Å².